The lowest BCUT2D eigenvalue weighted by atomic mass is 10.0. The summed E-state index contributed by atoms with van der Waals surface area (Å²) >= 11 is 0. The number of carbonyl (C=O) groups is 1. The number of ether oxygens (including phenoxy) is 1. The predicted octanol–water partition coefficient (Wildman–Crippen LogP) is 2.48. The number of H-pyrrole nitrogens is 1. The summed E-state index contributed by atoms with van der Waals surface area (Å²) < 4.78 is 5.48. The highest BCUT2D eigenvalue weighted by molar-refractivity contribution is 5.69. The summed E-state index contributed by atoms with van der Waals surface area (Å²) in [7, 11) is 0. The second-order valence-corrected chi connectivity index (χ2v) is 6.46. The maximum atomic E-state index is 12.3. The van der Waals surface area contributed by atoms with E-state index in [-0.39, 0.29) is 30.4 Å². The molecule has 0 radical (unpaired) electrons. The van der Waals surface area contributed by atoms with Crippen molar-refractivity contribution in [3.8, 4) is 11.3 Å². The van der Waals surface area contributed by atoms with Crippen LogP contribution in [0.4, 0.5) is 4.79 Å². The molecule has 0 aliphatic carbocycles. The molecule has 0 bridgehead atoms. The van der Waals surface area contributed by atoms with Crippen molar-refractivity contribution < 1.29 is 14.6 Å². The number of amides is 1. The molecule has 2 heterocycles. The fraction of sp³-hybridized carbons (Fsp3) is 0.421. The lowest BCUT2D eigenvalue weighted by Crippen LogP contribution is -2.43. The second-order valence-electron chi connectivity index (χ2n) is 6.46. The van der Waals surface area contributed by atoms with Crippen molar-refractivity contribution in [3.05, 3.63) is 52.3 Å². The summed E-state index contributed by atoms with van der Waals surface area (Å²) in [6.07, 6.45) is 1.71. The van der Waals surface area contributed by atoms with Gasteiger partial charge in [0.2, 0.25) is 0 Å². The van der Waals surface area contributed by atoms with Crippen LogP contribution in [0.1, 0.15) is 37.8 Å². The number of rotatable bonds is 6. The summed E-state index contributed by atoms with van der Waals surface area (Å²) in [6, 6.07) is 10.8. The van der Waals surface area contributed by atoms with E-state index >= 15 is 0 Å². The van der Waals surface area contributed by atoms with Gasteiger partial charge in [0.15, 0.2) is 0 Å². The Labute approximate surface area is 151 Å². The smallest absolute Gasteiger partial charge is 0.410 e. The van der Waals surface area contributed by atoms with Gasteiger partial charge in [0, 0.05) is 31.2 Å². The summed E-state index contributed by atoms with van der Waals surface area (Å²) in [5.74, 6) is 0. The number of carbonyl (C=O) groups excluding carboxylic acids is 1. The lowest BCUT2D eigenvalue weighted by Gasteiger charge is -2.35. The first-order chi connectivity index (χ1) is 12.6. The number of aromatic amines is 1. The molecule has 7 nitrogen and oxygen atoms in total. The van der Waals surface area contributed by atoms with Gasteiger partial charge in [0.25, 0.3) is 5.56 Å². The number of aromatic nitrogens is 2. The molecule has 2 atom stereocenters. The van der Waals surface area contributed by atoms with Gasteiger partial charge < -0.3 is 14.7 Å². The van der Waals surface area contributed by atoms with Crippen LogP contribution in [0.3, 0.4) is 0 Å². The molecule has 0 saturated carbocycles. The van der Waals surface area contributed by atoms with E-state index in [0.717, 1.165) is 17.5 Å². The Kier molecular flexibility index (Phi) is 5.68. The predicted molar refractivity (Wildman–Crippen MR) is 96.6 cm³/mol. The first-order valence-electron chi connectivity index (χ1n) is 8.82. The number of nitrogens with zero attached hydrogens (tertiary/aromatic N) is 2. The normalized spacial score (nSPS) is 18.5. The Balaban J connectivity index is 1.66. The Morgan fingerprint density at radius 1 is 1.27 bits per heavy atom. The molecule has 7 heteroatoms. The van der Waals surface area contributed by atoms with E-state index in [9.17, 15) is 9.59 Å². The minimum Gasteiger partial charge on any atom is -0.446 e. The maximum absolute atomic E-state index is 12.3. The van der Waals surface area contributed by atoms with E-state index in [2.05, 4.69) is 10.2 Å². The molecule has 1 saturated heterocycles. The van der Waals surface area contributed by atoms with Crippen molar-refractivity contribution in [1.82, 2.24) is 15.1 Å². The first-order valence-corrected chi connectivity index (χ1v) is 8.82. The molecule has 1 aliphatic heterocycles. The molecule has 2 aromatic rings. The summed E-state index contributed by atoms with van der Waals surface area (Å²) in [5.41, 5.74) is 2.35. The highest BCUT2D eigenvalue weighted by Gasteiger charge is 2.30. The van der Waals surface area contributed by atoms with Gasteiger partial charge in [-0.1, -0.05) is 24.3 Å². The molecule has 3 rings (SSSR count). The van der Waals surface area contributed by atoms with Crippen LogP contribution in [0.25, 0.3) is 11.3 Å². The Bertz CT molecular complexity index is 783. The van der Waals surface area contributed by atoms with E-state index < -0.39 is 0 Å². The van der Waals surface area contributed by atoms with Crippen molar-refractivity contribution in [1.29, 1.82) is 0 Å². The first kappa shape index (κ1) is 18.1. The monoisotopic (exact) mass is 357 g/mol. The zero-order valence-corrected chi connectivity index (χ0v) is 14.7. The SMILES string of the molecule is CC(c1ccc(-c2ccc(=O)[nH]n2)cc1)N1CCC(CCCO)OC1=O. The van der Waals surface area contributed by atoms with Crippen molar-refractivity contribution in [2.24, 2.45) is 0 Å². The number of nitrogens with one attached hydrogen (secondary N) is 1. The fourth-order valence-corrected chi connectivity index (χ4v) is 3.14. The van der Waals surface area contributed by atoms with Crippen molar-refractivity contribution in [2.45, 2.75) is 38.3 Å². The molecule has 1 amide bonds. The zero-order chi connectivity index (χ0) is 18.5. The van der Waals surface area contributed by atoms with Gasteiger partial charge in [-0.15, -0.1) is 0 Å². The van der Waals surface area contributed by atoms with Crippen LogP contribution in [0.2, 0.25) is 0 Å². The van der Waals surface area contributed by atoms with Crippen LogP contribution in [-0.4, -0.2) is 45.6 Å². The van der Waals surface area contributed by atoms with Crippen LogP contribution < -0.4 is 5.56 Å². The molecule has 0 spiro atoms. The van der Waals surface area contributed by atoms with Gasteiger partial charge in [-0.05, 0) is 31.4 Å². The molecule has 1 fully saturated rings. The van der Waals surface area contributed by atoms with Crippen molar-refractivity contribution in [2.75, 3.05) is 13.2 Å². The largest absolute Gasteiger partial charge is 0.446 e. The Hall–Kier alpha value is -2.67. The highest BCUT2D eigenvalue weighted by Crippen LogP contribution is 2.27. The molecule has 1 aliphatic rings. The van der Waals surface area contributed by atoms with Crippen LogP contribution in [0.15, 0.2) is 41.2 Å². The molecule has 138 valence electrons. The molecule has 1 aromatic heterocycles. The van der Waals surface area contributed by atoms with Gasteiger partial charge in [-0.2, -0.15) is 5.10 Å². The summed E-state index contributed by atoms with van der Waals surface area (Å²) in [6.45, 7) is 2.73. The molecular weight excluding hydrogens is 334 g/mol. The molecular formula is C19H23N3O4. The number of cyclic esters (lactones) is 1. The Morgan fingerprint density at radius 2 is 2.04 bits per heavy atom. The third-order valence-corrected chi connectivity index (χ3v) is 4.71. The van der Waals surface area contributed by atoms with Crippen LogP contribution in [0, 0.1) is 0 Å². The molecule has 2 N–H and O–H groups in total. The van der Waals surface area contributed by atoms with Gasteiger partial charge in [-0.3, -0.25) is 4.79 Å². The van der Waals surface area contributed by atoms with Crippen molar-refractivity contribution in [3.63, 3.8) is 0 Å². The zero-order valence-electron chi connectivity index (χ0n) is 14.7. The number of hydrogen-bond acceptors (Lipinski definition) is 5. The molecule has 1 aromatic carbocycles. The van der Waals surface area contributed by atoms with Gasteiger partial charge >= 0.3 is 6.09 Å². The van der Waals surface area contributed by atoms with Crippen LogP contribution in [-0.2, 0) is 4.74 Å². The van der Waals surface area contributed by atoms with E-state index in [0.29, 0.717) is 25.1 Å². The van der Waals surface area contributed by atoms with Gasteiger partial charge in [-0.25, -0.2) is 9.89 Å². The topological polar surface area (TPSA) is 95.5 Å². The van der Waals surface area contributed by atoms with E-state index in [4.69, 9.17) is 9.84 Å². The van der Waals surface area contributed by atoms with Crippen LogP contribution in [0.5, 0.6) is 0 Å². The van der Waals surface area contributed by atoms with Gasteiger partial charge in [0.1, 0.15) is 6.10 Å². The number of aliphatic hydroxyl groups is 1. The van der Waals surface area contributed by atoms with Crippen LogP contribution >= 0.6 is 0 Å². The third-order valence-electron chi connectivity index (χ3n) is 4.71. The maximum Gasteiger partial charge on any atom is 0.410 e. The number of hydrogen-bond donors (Lipinski definition) is 2. The minimum atomic E-state index is -0.307. The minimum absolute atomic E-state index is 0.0983. The molecule has 26 heavy (non-hydrogen) atoms. The average Bonchev–Trinajstić information content (AvgIpc) is 2.67. The number of benzene rings is 1. The quantitative estimate of drug-likeness (QED) is 0.828. The Morgan fingerprint density at radius 3 is 2.65 bits per heavy atom. The van der Waals surface area contributed by atoms with Crippen molar-refractivity contribution >= 4 is 6.09 Å². The lowest BCUT2D eigenvalue weighted by molar-refractivity contribution is 0.00760. The fourth-order valence-electron chi connectivity index (χ4n) is 3.14. The second kappa shape index (κ2) is 8.14. The highest BCUT2D eigenvalue weighted by atomic mass is 16.6. The van der Waals surface area contributed by atoms with E-state index in [1.165, 1.54) is 6.07 Å². The van der Waals surface area contributed by atoms with E-state index in [1.54, 1.807) is 11.0 Å². The van der Waals surface area contributed by atoms with E-state index in [1.807, 2.05) is 31.2 Å². The van der Waals surface area contributed by atoms with Gasteiger partial charge in [0.05, 0.1) is 11.7 Å². The summed E-state index contributed by atoms with van der Waals surface area (Å²) in [4.78, 5) is 25.1. The third kappa shape index (κ3) is 4.11. The number of aliphatic hydroxyl groups excluding tert-OH is 1. The summed E-state index contributed by atoms with van der Waals surface area (Å²) in [5, 5.41) is 15.3. The standard InChI is InChI=1S/C19H23N3O4/c1-13(22-11-10-16(3-2-12-23)26-19(22)25)14-4-6-15(7-5-14)17-8-9-18(24)21-20-17/h4-9,13,16,23H,2-3,10-12H2,1H3,(H,21,24). The average molecular weight is 357 g/mol. The molecule has 2 unspecified atom stereocenters.